The summed E-state index contributed by atoms with van der Waals surface area (Å²) in [6, 6.07) is 17.7. The Hall–Kier alpha value is -2.66. The van der Waals surface area contributed by atoms with E-state index in [1.807, 2.05) is 61.5 Å². The summed E-state index contributed by atoms with van der Waals surface area (Å²) >= 11 is 1.50. The zero-order chi connectivity index (χ0) is 19.2. The molecule has 0 saturated carbocycles. The SMILES string of the molecule is CCC[C@@H](C(=O)Nc1nc(-c2ccc(OC)cc2)c(C)s1)c1ccccc1. The number of ether oxygens (including phenoxy) is 1. The molecule has 3 aromatic rings. The number of hydrogen-bond donors (Lipinski definition) is 1. The molecule has 0 saturated heterocycles. The molecule has 0 radical (unpaired) electrons. The maximum atomic E-state index is 12.9. The minimum absolute atomic E-state index is 0.00178. The lowest BCUT2D eigenvalue weighted by atomic mass is 9.94. The smallest absolute Gasteiger partial charge is 0.233 e. The number of hydrogen-bond acceptors (Lipinski definition) is 4. The van der Waals surface area contributed by atoms with Gasteiger partial charge in [-0.1, -0.05) is 43.7 Å². The van der Waals surface area contributed by atoms with Gasteiger partial charge in [-0.25, -0.2) is 4.98 Å². The fourth-order valence-corrected chi connectivity index (χ4v) is 3.92. The Morgan fingerprint density at radius 1 is 1.15 bits per heavy atom. The Bertz CT molecular complexity index is 888. The Balaban J connectivity index is 1.79. The molecule has 2 aromatic carbocycles. The van der Waals surface area contributed by atoms with Gasteiger partial charge in [-0.2, -0.15) is 0 Å². The van der Waals surface area contributed by atoms with Crippen LogP contribution in [0.1, 0.15) is 36.1 Å². The quantitative estimate of drug-likeness (QED) is 0.576. The number of nitrogens with zero attached hydrogens (tertiary/aromatic N) is 1. The van der Waals surface area contributed by atoms with Crippen molar-refractivity contribution in [1.82, 2.24) is 4.98 Å². The van der Waals surface area contributed by atoms with Gasteiger partial charge in [0.15, 0.2) is 5.13 Å². The third-order valence-electron chi connectivity index (χ3n) is 4.49. The maximum Gasteiger partial charge on any atom is 0.233 e. The van der Waals surface area contributed by atoms with Crippen LogP contribution < -0.4 is 10.1 Å². The lowest BCUT2D eigenvalue weighted by Crippen LogP contribution is -2.21. The van der Waals surface area contributed by atoms with Crippen LogP contribution in [0.5, 0.6) is 5.75 Å². The number of anilines is 1. The van der Waals surface area contributed by atoms with E-state index in [9.17, 15) is 4.79 Å². The van der Waals surface area contributed by atoms with Gasteiger partial charge in [0.25, 0.3) is 0 Å². The Labute approximate surface area is 164 Å². The summed E-state index contributed by atoms with van der Waals surface area (Å²) < 4.78 is 5.21. The minimum atomic E-state index is -0.162. The average Bonchev–Trinajstić information content (AvgIpc) is 3.06. The number of thiazole rings is 1. The van der Waals surface area contributed by atoms with E-state index in [1.54, 1.807) is 7.11 Å². The molecule has 0 unspecified atom stereocenters. The zero-order valence-corrected chi connectivity index (χ0v) is 16.7. The second kappa shape index (κ2) is 8.82. The minimum Gasteiger partial charge on any atom is -0.497 e. The topological polar surface area (TPSA) is 51.2 Å². The Kier molecular flexibility index (Phi) is 6.24. The van der Waals surface area contributed by atoms with Gasteiger partial charge in [-0.05, 0) is 43.2 Å². The highest BCUT2D eigenvalue weighted by molar-refractivity contribution is 7.16. The van der Waals surface area contributed by atoms with Crippen LogP contribution in [0.2, 0.25) is 0 Å². The van der Waals surface area contributed by atoms with Crippen molar-refractivity contribution in [3.05, 3.63) is 65.0 Å². The summed E-state index contributed by atoms with van der Waals surface area (Å²) in [5.41, 5.74) is 2.95. The highest BCUT2D eigenvalue weighted by Gasteiger charge is 2.21. The Morgan fingerprint density at radius 2 is 1.85 bits per heavy atom. The van der Waals surface area contributed by atoms with E-state index in [1.165, 1.54) is 11.3 Å². The van der Waals surface area contributed by atoms with Crippen molar-refractivity contribution in [2.24, 2.45) is 0 Å². The number of aryl methyl sites for hydroxylation is 1. The highest BCUT2D eigenvalue weighted by Crippen LogP contribution is 2.32. The molecule has 1 aromatic heterocycles. The lowest BCUT2D eigenvalue weighted by molar-refractivity contribution is -0.117. The van der Waals surface area contributed by atoms with Crippen LogP contribution in [-0.4, -0.2) is 18.0 Å². The highest BCUT2D eigenvalue weighted by atomic mass is 32.1. The van der Waals surface area contributed by atoms with Crippen LogP contribution in [0.3, 0.4) is 0 Å². The van der Waals surface area contributed by atoms with Gasteiger partial charge in [0.1, 0.15) is 5.75 Å². The molecular weight excluding hydrogens is 356 g/mol. The predicted octanol–water partition coefficient (Wildman–Crippen LogP) is 5.65. The second-order valence-electron chi connectivity index (χ2n) is 6.39. The number of amides is 1. The molecule has 1 amide bonds. The van der Waals surface area contributed by atoms with Crippen LogP contribution in [0.25, 0.3) is 11.3 Å². The van der Waals surface area contributed by atoms with Crippen LogP contribution in [-0.2, 0) is 4.79 Å². The van der Waals surface area contributed by atoms with E-state index < -0.39 is 0 Å². The molecule has 3 rings (SSSR count). The molecule has 4 nitrogen and oxygen atoms in total. The normalized spacial score (nSPS) is 11.8. The van der Waals surface area contributed by atoms with E-state index in [-0.39, 0.29) is 11.8 Å². The first-order valence-electron chi connectivity index (χ1n) is 9.10. The summed E-state index contributed by atoms with van der Waals surface area (Å²) in [7, 11) is 1.65. The number of aromatic nitrogens is 1. The zero-order valence-electron chi connectivity index (χ0n) is 15.9. The largest absolute Gasteiger partial charge is 0.497 e. The van der Waals surface area contributed by atoms with E-state index in [0.29, 0.717) is 5.13 Å². The predicted molar refractivity (Wildman–Crippen MR) is 112 cm³/mol. The van der Waals surface area contributed by atoms with Crippen molar-refractivity contribution < 1.29 is 9.53 Å². The van der Waals surface area contributed by atoms with Gasteiger partial charge >= 0.3 is 0 Å². The molecule has 0 aliphatic carbocycles. The second-order valence-corrected chi connectivity index (χ2v) is 7.60. The van der Waals surface area contributed by atoms with E-state index >= 15 is 0 Å². The van der Waals surface area contributed by atoms with Crippen molar-refractivity contribution in [2.45, 2.75) is 32.6 Å². The molecule has 140 valence electrons. The number of nitrogens with one attached hydrogen (secondary N) is 1. The van der Waals surface area contributed by atoms with Crippen molar-refractivity contribution in [2.75, 3.05) is 12.4 Å². The van der Waals surface area contributed by atoms with Crippen molar-refractivity contribution in [1.29, 1.82) is 0 Å². The first-order valence-corrected chi connectivity index (χ1v) is 9.91. The number of carbonyl (C=O) groups excluding carboxylic acids is 1. The van der Waals surface area contributed by atoms with E-state index in [2.05, 4.69) is 17.2 Å². The van der Waals surface area contributed by atoms with Crippen molar-refractivity contribution in [3.63, 3.8) is 0 Å². The van der Waals surface area contributed by atoms with Gasteiger partial charge < -0.3 is 10.1 Å². The standard InChI is InChI=1S/C22H24N2O2S/c1-4-8-19(16-9-6-5-7-10-16)21(25)24-22-23-20(15(2)27-22)17-11-13-18(26-3)14-12-17/h5-7,9-14,19H,4,8H2,1-3H3,(H,23,24,25)/t19-/m1/s1. The molecule has 1 atom stereocenters. The number of rotatable bonds is 7. The van der Waals surface area contributed by atoms with Gasteiger partial charge in [0.05, 0.1) is 18.7 Å². The van der Waals surface area contributed by atoms with E-state index in [4.69, 9.17) is 4.74 Å². The molecule has 0 aliphatic rings. The fraction of sp³-hybridized carbons (Fsp3) is 0.273. The first kappa shape index (κ1) is 19.1. The van der Waals surface area contributed by atoms with Gasteiger partial charge in [-0.15, -0.1) is 11.3 Å². The average molecular weight is 381 g/mol. The van der Waals surface area contributed by atoms with Gasteiger partial charge in [0.2, 0.25) is 5.91 Å². The van der Waals surface area contributed by atoms with Crippen LogP contribution in [0.15, 0.2) is 54.6 Å². The molecule has 1 N–H and O–H groups in total. The molecule has 1 heterocycles. The van der Waals surface area contributed by atoms with Crippen molar-refractivity contribution >= 4 is 22.4 Å². The summed E-state index contributed by atoms with van der Waals surface area (Å²) in [5, 5.41) is 3.66. The molecule has 0 aliphatic heterocycles. The summed E-state index contributed by atoms with van der Waals surface area (Å²) in [5.74, 6) is 0.647. The number of carbonyl (C=O) groups is 1. The fourth-order valence-electron chi connectivity index (χ4n) is 3.08. The number of methoxy groups -OCH3 is 1. The third kappa shape index (κ3) is 4.55. The third-order valence-corrected chi connectivity index (χ3v) is 5.37. The number of benzene rings is 2. The maximum absolute atomic E-state index is 12.9. The molecule has 0 bridgehead atoms. The monoisotopic (exact) mass is 380 g/mol. The summed E-state index contributed by atoms with van der Waals surface area (Å²) in [6.45, 7) is 4.12. The molecule has 0 spiro atoms. The van der Waals surface area contributed by atoms with E-state index in [0.717, 1.165) is 40.3 Å². The van der Waals surface area contributed by atoms with Crippen LogP contribution >= 0.6 is 11.3 Å². The lowest BCUT2D eigenvalue weighted by Gasteiger charge is -2.15. The molecule has 0 fully saturated rings. The summed E-state index contributed by atoms with van der Waals surface area (Å²) in [6.07, 6.45) is 1.76. The Morgan fingerprint density at radius 3 is 2.48 bits per heavy atom. The molecule has 27 heavy (non-hydrogen) atoms. The van der Waals surface area contributed by atoms with Crippen LogP contribution in [0, 0.1) is 6.92 Å². The van der Waals surface area contributed by atoms with Gasteiger partial charge in [-0.3, -0.25) is 4.79 Å². The van der Waals surface area contributed by atoms with Gasteiger partial charge in [0, 0.05) is 10.4 Å². The summed E-state index contributed by atoms with van der Waals surface area (Å²) in [4.78, 5) is 18.6. The van der Waals surface area contributed by atoms with Crippen LogP contribution in [0.4, 0.5) is 5.13 Å². The molecule has 5 heteroatoms. The molecular formula is C22H24N2O2S. The first-order chi connectivity index (χ1) is 13.1. The van der Waals surface area contributed by atoms with Crippen molar-refractivity contribution in [3.8, 4) is 17.0 Å².